The van der Waals surface area contributed by atoms with Crippen LogP contribution in [0.4, 0.5) is 0 Å². The van der Waals surface area contributed by atoms with Gasteiger partial charge in [0.1, 0.15) is 5.52 Å². The zero-order valence-corrected chi connectivity index (χ0v) is 12.0. The van der Waals surface area contributed by atoms with Crippen molar-refractivity contribution in [1.29, 1.82) is 0 Å². The van der Waals surface area contributed by atoms with Crippen molar-refractivity contribution in [1.82, 2.24) is 8.97 Å². The molecule has 4 rings (SSSR count). The molecule has 1 N–H and O–H groups in total. The highest BCUT2D eigenvalue weighted by atomic mass is 16.4. The van der Waals surface area contributed by atoms with Crippen LogP contribution in [-0.4, -0.2) is 20.0 Å². The molecule has 0 spiro atoms. The van der Waals surface area contributed by atoms with Crippen molar-refractivity contribution in [2.45, 2.75) is 31.7 Å². The molecule has 3 aromatic rings. The third-order valence-electron chi connectivity index (χ3n) is 4.60. The van der Waals surface area contributed by atoms with Crippen molar-refractivity contribution in [3.63, 3.8) is 0 Å². The van der Waals surface area contributed by atoms with Gasteiger partial charge in [-0.15, -0.1) is 0 Å². The van der Waals surface area contributed by atoms with Gasteiger partial charge in [0, 0.05) is 12.2 Å². The lowest BCUT2D eigenvalue weighted by Crippen LogP contribution is -2.25. The Morgan fingerprint density at radius 3 is 2.45 bits per heavy atom. The predicted molar refractivity (Wildman–Crippen MR) is 83.6 cm³/mol. The number of carboxylic acids is 1. The molecule has 5 heteroatoms. The standard InChI is InChI=1S/C17H16N2O3/c20-16-15-9-11(17(21)22)10-18(15)13-7-3-4-8-14(13)19(16)12-5-1-2-6-12/h3-4,7-10,12H,1-2,5-6H2,(H,21,22). The molecular formula is C17H16N2O3. The molecule has 0 radical (unpaired) electrons. The molecule has 22 heavy (non-hydrogen) atoms. The molecule has 1 aliphatic carbocycles. The van der Waals surface area contributed by atoms with Gasteiger partial charge in [0.05, 0.1) is 16.6 Å². The van der Waals surface area contributed by atoms with E-state index in [2.05, 4.69) is 0 Å². The van der Waals surface area contributed by atoms with Crippen molar-refractivity contribution >= 4 is 22.5 Å². The highest BCUT2D eigenvalue weighted by molar-refractivity contribution is 5.91. The highest BCUT2D eigenvalue weighted by Gasteiger charge is 2.22. The van der Waals surface area contributed by atoms with E-state index in [1.165, 1.54) is 12.3 Å². The minimum atomic E-state index is -1.01. The van der Waals surface area contributed by atoms with Crippen molar-refractivity contribution in [2.24, 2.45) is 0 Å². The molecule has 0 bridgehead atoms. The first kappa shape index (κ1) is 13.1. The van der Waals surface area contributed by atoms with Gasteiger partial charge in [-0.25, -0.2) is 4.79 Å². The van der Waals surface area contributed by atoms with Crippen LogP contribution >= 0.6 is 0 Å². The van der Waals surface area contributed by atoms with Crippen molar-refractivity contribution in [2.75, 3.05) is 0 Å². The maximum atomic E-state index is 12.9. The number of hydrogen-bond donors (Lipinski definition) is 1. The zero-order chi connectivity index (χ0) is 15.3. The molecule has 5 nitrogen and oxygen atoms in total. The number of hydrogen-bond acceptors (Lipinski definition) is 2. The molecule has 112 valence electrons. The SMILES string of the molecule is O=C(O)c1cc2c(=O)n(C3CCCC3)c3ccccc3n2c1. The summed E-state index contributed by atoms with van der Waals surface area (Å²) in [5.41, 5.74) is 2.23. The lowest BCUT2D eigenvalue weighted by atomic mass is 10.2. The average Bonchev–Trinajstić information content (AvgIpc) is 3.17. The summed E-state index contributed by atoms with van der Waals surface area (Å²) in [6.07, 6.45) is 5.82. The van der Waals surface area contributed by atoms with Crippen LogP contribution < -0.4 is 5.56 Å². The lowest BCUT2D eigenvalue weighted by Gasteiger charge is -2.18. The minimum absolute atomic E-state index is 0.0990. The zero-order valence-electron chi connectivity index (χ0n) is 12.0. The first-order valence-corrected chi connectivity index (χ1v) is 7.55. The first-order chi connectivity index (χ1) is 10.7. The monoisotopic (exact) mass is 296 g/mol. The molecule has 1 aromatic carbocycles. The molecule has 0 aliphatic heterocycles. The Morgan fingerprint density at radius 1 is 1.09 bits per heavy atom. The Bertz CT molecular complexity index is 946. The number of carbonyl (C=O) groups is 1. The van der Waals surface area contributed by atoms with E-state index in [0.29, 0.717) is 5.52 Å². The summed E-state index contributed by atoms with van der Waals surface area (Å²) in [6, 6.07) is 9.38. The van der Waals surface area contributed by atoms with E-state index in [1.54, 1.807) is 4.40 Å². The second-order valence-electron chi connectivity index (χ2n) is 5.89. The van der Waals surface area contributed by atoms with Gasteiger partial charge in [0.2, 0.25) is 0 Å². The number of benzene rings is 1. The highest BCUT2D eigenvalue weighted by Crippen LogP contribution is 2.31. The second-order valence-corrected chi connectivity index (χ2v) is 5.89. The van der Waals surface area contributed by atoms with Crippen LogP contribution in [0.2, 0.25) is 0 Å². The summed E-state index contributed by atoms with van der Waals surface area (Å²) in [6.45, 7) is 0. The quantitative estimate of drug-likeness (QED) is 0.790. The van der Waals surface area contributed by atoms with Crippen LogP contribution in [0.5, 0.6) is 0 Å². The summed E-state index contributed by atoms with van der Waals surface area (Å²) in [7, 11) is 0. The molecule has 0 saturated heterocycles. The van der Waals surface area contributed by atoms with Crippen LogP contribution in [0.15, 0.2) is 41.3 Å². The van der Waals surface area contributed by atoms with Gasteiger partial charge >= 0.3 is 5.97 Å². The summed E-state index contributed by atoms with van der Waals surface area (Å²) in [5.74, 6) is -1.01. The minimum Gasteiger partial charge on any atom is -0.478 e. The normalized spacial score (nSPS) is 15.8. The molecule has 1 fully saturated rings. The number of rotatable bonds is 2. The van der Waals surface area contributed by atoms with Gasteiger partial charge in [-0.05, 0) is 31.0 Å². The Morgan fingerprint density at radius 2 is 1.77 bits per heavy atom. The number of nitrogens with zero attached hydrogens (tertiary/aromatic N) is 2. The maximum Gasteiger partial charge on any atom is 0.337 e. The van der Waals surface area contributed by atoms with Crippen LogP contribution in [0.1, 0.15) is 42.1 Å². The van der Waals surface area contributed by atoms with Gasteiger partial charge in [0.25, 0.3) is 5.56 Å². The van der Waals surface area contributed by atoms with E-state index in [4.69, 9.17) is 0 Å². The topological polar surface area (TPSA) is 63.7 Å². The summed E-state index contributed by atoms with van der Waals surface area (Å²) in [4.78, 5) is 24.2. The van der Waals surface area contributed by atoms with E-state index in [9.17, 15) is 14.7 Å². The largest absolute Gasteiger partial charge is 0.478 e. The van der Waals surface area contributed by atoms with Crippen molar-refractivity contribution in [3.05, 3.63) is 52.4 Å². The molecule has 0 atom stereocenters. The summed E-state index contributed by atoms with van der Waals surface area (Å²) < 4.78 is 3.57. The number of fused-ring (bicyclic) bond motifs is 3. The number of carboxylic acid groups (broad SMARTS) is 1. The van der Waals surface area contributed by atoms with Crippen molar-refractivity contribution < 1.29 is 9.90 Å². The van der Waals surface area contributed by atoms with E-state index in [1.807, 2.05) is 28.8 Å². The van der Waals surface area contributed by atoms with E-state index >= 15 is 0 Å². The number of aromatic nitrogens is 2. The Labute approximate surface area is 126 Å². The maximum absolute atomic E-state index is 12.9. The smallest absolute Gasteiger partial charge is 0.337 e. The Balaban J connectivity index is 2.15. The fraction of sp³-hybridized carbons (Fsp3) is 0.294. The Hall–Kier alpha value is -2.56. The van der Waals surface area contributed by atoms with Crippen LogP contribution in [-0.2, 0) is 0 Å². The number of aromatic carboxylic acids is 1. The molecule has 1 saturated carbocycles. The molecule has 0 amide bonds. The van der Waals surface area contributed by atoms with Crippen LogP contribution in [0.3, 0.4) is 0 Å². The Kier molecular flexibility index (Phi) is 2.82. The van der Waals surface area contributed by atoms with E-state index < -0.39 is 5.97 Å². The third-order valence-corrected chi connectivity index (χ3v) is 4.60. The molecule has 2 aromatic heterocycles. The molecule has 1 aliphatic rings. The fourth-order valence-corrected chi connectivity index (χ4v) is 3.57. The average molecular weight is 296 g/mol. The summed E-state index contributed by atoms with van der Waals surface area (Å²) in [5, 5.41) is 9.21. The first-order valence-electron chi connectivity index (χ1n) is 7.55. The summed E-state index contributed by atoms with van der Waals surface area (Å²) >= 11 is 0. The number of para-hydroxylation sites is 2. The predicted octanol–water partition coefficient (Wildman–Crippen LogP) is 3.07. The van der Waals surface area contributed by atoms with Gasteiger partial charge in [-0.3, -0.25) is 4.79 Å². The van der Waals surface area contributed by atoms with E-state index in [-0.39, 0.29) is 17.2 Å². The van der Waals surface area contributed by atoms with E-state index in [0.717, 1.165) is 36.7 Å². The van der Waals surface area contributed by atoms with Gasteiger partial charge in [0.15, 0.2) is 0 Å². The van der Waals surface area contributed by atoms with Crippen LogP contribution in [0.25, 0.3) is 16.6 Å². The third kappa shape index (κ3) is 1.78. The van der Waals surface area contributed by atoms with Gasteiger partial charge in [-0.2, -0.15) is 0 Å². The molecular weight excluding hydrogens is 280 g/mol. The van der Waals surface area contributed by atoms with Crippen molar-refractivity contribution in [3.8, 4) is 0 Å². The van der Waals surface area contributed by atoms with Gasteiger partial charge in [-0.1, -0.05) is 25.0 Å². The second kappa shape index (κ2) is 4.73. The molecule has 0 unspecified atom stereocenters. The lowest BCUT2D eigenvalue weighted by molar-refractivity contribution is 0.0697. The fourth-order valence-electron chi connectivity index (χ4n) is 3.57. The molecule has 2 heterocycles. The van der Waals surface area contributed by atoms with Gasteiger partial charge < -0.3 is 14.1 Å². The van der Waals surface area contributed by atoms with Crippen LogP contribution in [0, 0.1) is 0 Å².